The SMILES string of the molecule is Cc1cc(C(=O)O)nc(N(C)c2ccc(C)o2)n1. The third kappa shape index (κ3) is 2.32. The van der Waals surface area contributed by atoms with Crippen LogP contribution in [0.25, 0.3) is 0 Å². The molecule has 6 nitrogen and oxygen atoms in total. The quantitative estimate of drug-likeness (QED) is 0.895. The molecule has 0 unspecified atom stereocenters. The second kappa shape index (κ2) is 4.48. The van der Waals surface area contributed by atoms with Crippen LogP contribution in [0.3, 0.4) is 0 Å². The van der Waals surface area contributed by atoms with Gasteiger partial charge in [0.15, 0.2) is 5.69 Å². The van der Waals surface area contributed by atoms with E-state index in [9.17, 15) is 4.79 Å². The summed E-state index contributed by atoms with van der Waals surface area (Å²) < 4.78 is 5.44. The molecule has 94 valence electrons. The molecule has 2 heterocycles. The van der Waals surface area contributed by atoms with E-state index < -0.39 is 5.97 Å². The highest BCUT2D eigenvalue weighted by Crippen LogP contribution is 2.22. The van der Waals surface area contributed by atoms with Crippen LogP contribution in [0.2, 0.25) is 0 Å². The highest BCUT2D eigenvalue weighted by atomic mass is 16.4. The van der Waals surface area contributed by atoms with E-state index in [4.69, 9.17) is 9.52 Å². The van der Waals surface area contributed by atoms with E-state index in [1.54, 1.807) is 24.9 Å². The van der Waals surface area contributed by atoms with Crippen molar-refractivity contribution in [3.05, 3.63) is 35.3 Å². The average molecular weight is 247 g/mol. The third-order valence-electron chi connectivity index (χ3n) is 2.42. The number of hydrogen-bond acceptors (Lipinski definition) is 5. The molecule has 0 radical (unpaired) electrons. The van der Waals surface area contributed by atoms with E-state index in [0.717, 1.165) is 5.76 Å². The number of carboxylic acids is 1. The predicted molar refractivity (Wildman–Crippen MR) is 65.2 cm³/mol. The van der Waals surface area contributed by atoms with Crippen molar-refractivity contribution in [2.24, 2.45) is 0 Å². The lowest BCUT2D eigenvalue weighted by Gasteiger charge is -2.14. The van der Waals surface area contributed by atoms with Gasteiger partial charge in [-0.15, -0.1) is 0 Å². The van der Waals surface area contributed by atoms with E-state index >= 15 is 0 Å². The van der Waals surface area contributed by atoms with Gasteiger partial charge in [-0.05, 0) is 26.0 Å². The lowest BCUT2D eigenvalue weighted by molar-refractivity contribution is 0.0690. The van der Waals surface area contributed by atoms with E-state index in [0.29, 0.717) is 17.5 Å². The Morgan fingerprint density at radius 3 is 2.61 bits per heavy atom. The van der Waals surface area contributed by atoms with Crippen molar-refractivity contribution in [2.75, 3.05) is 11.9 Å². The Balaban J connectivity index is 2.41. The fourth-order valence-electron chi connectivity index (χ4n) is 1.51. The molecule has 0 bridgehead atoms. The summed E-state index contributed by atoms with van der Waals surface area (Å²) in [4.78, 5) is 20.7. The van der Waals surface area contributed by atoms with Gasteiger partial charge < -0.3 is 9.52 Å². The van der Waals surface area contributed by atoms with Gasteiger partial charge in [0.25, 0.3) is 0 Å². The van der Waals surface area contributed by atoms with Gasteiger partial charge in [0.1, 0.15) is 5.76 Å². The molecule has 0 atom stereocenters. The van der Waals surface area contributed by atoms with Crippen LogP contribution < -0.4 is 4.90 Å². The zero-order valence-corrected chi connectivity index (χ0v) is 10.3. The summed E-state index contributed by atoms with van der Waals surface area (Å²) in [7, 11) is 1.72. The molecule has 0 aromatic carbocycles. The lowest BCUT2D eigenvalue weighted by atomic mass is 10.3. The maximum atomic E-state index is 10.9. The molecule has 0 saturated carbocycles. The Kier molecular flexibility index (Phi) is 3.01. The summed E-state index contributed by atoms with van der Waals surface area (Å²) in [5.41, 5.74) is 0.556. The van der Waals surface area contributed by atoms with Crippen LogP contribution in [-0.2, 0) is 0 Å². The molecule has 6 heteroatoms. The third-order valence-corrected chi connectivity index (χ3v) is 2.42. The molecule has 2 aromatic rings. The van der Waals surface area contributed by atoms with Crippen LogP contribution in [0.15, 0.2) is 22.6 Å². The number of aromatic carboxylic acids is 1. The Bertz CT molecular complexity index is 592. The van der Waals surface area contributed by atoms with Crippen LogP contribution in [0.5, 0.6) is 0 Å². The molecule has 0 aliphatic heterocycles. The number of anilines is 2. The van der Waals surface area contributed by atoms with Gasteiger partial charge in [-0.3, -0.25) is 4.90 Å². The Hall–Kier alpha value is -2.37. The van der Waals surface area contributed by atoms with E-state index in [1.165, 1.54) is 6.07 Å². The summed E-state index contributed by atoms with van der Waals surface area (Å²) in [6.45, 7) is 3.55. The maximum absolute atomic E-state index is 10.9. The molecular formula is C12H13N3O3. The highest BCUT2D eigenvalue weighted by molar-refractivity contribution is 5.85. The van der Waals surface area contributed by atoms with Crippen molar-refractivity contribution < 1.29 is 14.3 Å². The van der Waals surface area contributed by atoms with Gasteiger partial charge in [0.2, 0.25) is 11.8 Å². The van der Waals surface area contributed by atoms with Gasteiger partial charge in [-0.1, -0.05) is 0 Å². The number of aromatic nitrogens is 2. The van der Waals surface area contributed by atoms with Crippen molar-refractivity contribution in [1.29, 1.82) is 0 Å². The lowest BCUT2D eigenvalue weighted by Crippen LogP contribution is -2.15. The van der Waals surface area contributed by atoms with Crippen molar-refractivity contribution >= 4 is 17.8 Å². The topological polar surface area (TPSA) is 79.5 Å². The number of carboxylic acid groups (broad SMARTS) is 1. The second-order valence-electron chi connectivity index (χ2n) is 3.94. The van der Waals surface area contributed by atoms with Crippen molar-refractivity contribution in [3.63, 3.8) is 0 Å². The van der Waals surface area contributed by atoms with Crippen LogP contribution in [0, 0.1) is 13.8 Å². The fraction of sp³-hybridized carbons (Fsp3) is 0.250. The predicted octanol–water partition coefficient (Wildman–Crippen LogP) is 2.15. The molecule has 2 aromatic heterocycles. The maximum Gasteiger partial charge on any atom is 0.354 e. The number of furan rings is 1. The van der Waals surface area contributed by atoms with Gasteiger partial charge >= 0.3 is 5.97 Å². The van der Waals surface area contributed by atoms with Crippen LogP contribution >= 0.6 is 0 Å². The normalized spacial score (nSPS) is 10.4. The summed E-state index contributed by atoms with van der Waals surface area (Å²) >= 11 is 0. The molecule has 0 saturated heterocycles. The molecule has 0 aliphatic rings. The summed E-state index contributed by atoms with van der Waals surface area (Å²) in [6.07, 6.45) is 0. The Morgan fingerprint density at radius 1 is 1.33 bits per heavy atom. The van der Waals surface area contributed by atoms with Crippen LogP contribution in [-0.4, -0.2) is 28.1 Å². The minimum absolute atomic E-state index is 0.0346. The molecule has 0 amide bonds. The average Bonchev–Trinajstić information content (AvgIpc) is 2.74. The fourth-order valence-corrected chi connectivity index (χ4v) is 1.51. The van der Waals surface area contributed by atoms with Crippen LogP contribution in [0.4, 0.5) is 11.8 Å². The summed E-state index contributed by atoms with van der Waals surface area (Å²) in [5, 5.41) is 8.96. The molecule has 2 rings (SSSR count). The van der Waals surface area contributed by atoms with Gasteiger partial charge in [-0.25, -0.2) is 14.8 Å². The first-order valence-corrected chi connectivity index (χ1v) is 5.36. The van der Waals surface area contributed by atoms with E-state index in [-0.39, 0.29) is 5.69 Å². The van der Waals surface area contributed by atoms with E-state index in [2.05, 4.69) is 9.97 Å². The number of nitrogens with zero attached hydrogens (tertiary/aromatic N) is 3. The smallest absolute Gasteiger partial charge is 0.354 e. The molecule has 0 spiro atoms. The summed E-state index contributed by atoms with van der Waals surface area (Å²) in [6, 6.07) is 5.02. The van der Waals surface area contributed by atoms with Crippen molar-refractivity contribution in [1.82, 2.24) is 9.97 Å². The Labute approximate surface area is 104 Å². The molecule has 0 fully saturated rings. The monoisotopic (exact) mass is 247 g/mol. The Morgan fingerprint density at radius 2 is 2.06 bits per heavy atom. The largest absolute Gasteiger partial charge is 0.477 e. The molecule has 0 aliphatic carbocycles. The highest BCUT2D eigenvalue weighted by Gasteiger charge is 2.14. The van der Waals surface area contributed by atoms with Crippen LogP contribution in [0.1, 0.15) is 21.9 Å². The standard InChI is InChI=1S/C12H13N3O3/c1-7-6-9(11(16)17)14-12(13-7)15(3)10-5-4-8(2)18-10/h4-6H,1-3H3,(H,16,17). The van der Waals surface area contributed by atoms with Crippen molar-refractivity contribution in [3.8, 4) is 0 Å². The zero-order valence-electron chi connectivity index (χ0n) is 10.3. The number of rotatable bonds is 3. The molecule has 1 N–H and O–H groups in total. The van der Waals surface area contributed by atoms with Gasteiger partial charge in [0.05, 0.1) is 0 Å². The van der Waals surface area contributed by atoms with Gasteiger partial charge in [-0.2, -0.15) is 0 Å². The summed E-state index contributed by atoms with van der Waals surface area (Å²) in [5.74, 6) is 0.546. The molecule has 18 heavy (non-hydrogen) atoms. The minimum atomic E-state index is -1.08. The molecular weight excluding hydrogens is 234 g/mol. The van der Waals surface area contributed by atoms with Crippen molar-refractivity contribution in [2.45, 2.75) is 13.8 Å². The second-order valence-corrected chi connectivity index (χ2v) is 3.94. The first-order chi connectivity index (χ1) is 8.47. The number of hydrogen-bond donors (Lipinski definition) is 1. The van der Waals surface area contributed by atoms with Gasteiger partial charge in [0, 0.05) is 18.8 Å². The first-order valence-electron chi connectivity index (χ1n) is 5.36. The number of carbonyl (C=O) groups is 1. The number of aryl methyl sites for hydroxylation is 2. The van der Waals surface area contributed by atoms with E-state index in [1.807, 2.05) is 13.0 Å². The zero-order chi connectivity index (χ0) is 13.3. The minimum Gasteiger partial charge on any atom is -0.477 e. The first kappa shape index (κ1) is 12.1.